The lowest BCUT2D eigenvalue weighted by atomic mass is 9.97. The zero-order valence-corrected chi connectivity index (χ0v) is 11.9. The molecule has 0 radical (unpaired) electrons. The highest BCUT2D eigenvalue weighted by Gasteiger charge is 2.00. The van der Waals surface area contributed by atoms with E-state index < -0.39 is 0 Å². The molecule has 0 fully saturated rings. The highest BCUT2D eigenvalue weighted by molar-refractivity contribution is 5.12. The van der Waals surface area contributed by atoms with Crippen LogP contribution in [0.4, 0.5) is 0 Å². The van der Waals surface area contributed by atoms with E-state index in [1.807, 2.05) is 0 Å². The third-order valence-electron chi connectivity index (χ3n) is 2.94. The van der Waals surface area contributed by atoms with E-state index in [0.717, 1.165) is 12.3 Å². The van der Waals surface area contributed by atoms with Crippen molar-refractivity contribution in [3.05, 3.63) is 35.5 Å². The van der Waals surface area contributed by atoms with E-state index >= 15 is 0 Å². The Balaban J connectivity index is 4.00. The van der Waals surface area contributed by atoms with Gasteiger partial charge >= 0.3 is 0 Å². The lowest BCUT2D eigenvalue weighted by Crippen LogP contribution is -1.98. The standard InChI is InChI=1S/C16H28/c1-13(2)9-7-10-15(5)11-8-12-16(6)14(3)4/h8-9,11-12,14,16H,7,10H2,1-6H3. The van der Waals surface area contributed by atoms with Gasteiger partial charge in [-0.15, -0.1) is 0 Å². The fourth-order valence-corrected chi connectivity index (χ4v) is 1.29. The van der Waals surface area contributed by atoms with Crippen LogP contribution < -0.4 is 0 Å². The van der Waals surface area contributed by atoms with Crippen LogP contribution in [-0.4, -0.2) is 0 Å². The maximum atomic E-state index is 2.30. The highest BCUT2D eigenvalue weighted by Crippen LogP contribution is 2.12. The first-order valence-electron chi connectivity index (χ1n) is 6.40. The van der Waals surface area contributed by atoms with Gasteiger partial charge in [0.1, 0.15) is 0 Å². The molecule has 0 saturated carbocycles. The average molecular weight is 220 g/mol. The van der Waals surface area contributed by atoms with E-state index in [1.165, 1.54) is 17.6 Å². The third kappa shape index (κ3) is 8.52. The highest BCUT2D eigenvalue weighted by atomic mass is 14.1. The Bertz CT molecular complexity index is 260. The molecule has 0 rings (SSSR count). The second kappa shape index (κ2) is 8.38. The molecule has 0 bridgehead atoms. The topological polar surface area (TPSA) is 0 Å². The predicted molar refractivity (Wildman–Crippen MR) is 75.6 cm³/mol. The zero-order chi connectivity index (χ0) is 12.6. The smallest absolute Gasteiger partial charge is 0.0236 e. The van der Waals surface area contributed by atoms with Gasteiger partial charge < -0.3 is 0 Å². The Kier molecular flexibility index (Phi) is 7.97. The van der Waals surface area contributed by atoms with E-state index in [4.69, 9.17) is 0 Å². The summed E-state index contributed by atoms with van der Waals surface area (Å²) >= 11 is 0. The summed E-state index contributed by atoms with van der Waals surface area (Å²) in [5.74, 6) is 1.40. The molecule has 0 heteroatoms. The summed E-state index contributed by atoms with van der Waals surface area (Å²) < 4.78 is 0. The second-order valence-electron chi connectivity index (χ2n) is 5.32. The van der Waals surface area contributed by atoms with Crippen LogP contribution in [0.2, 0.25) is 0 Å². The van der Waals surface area contributed by atoms with Gasteiger partial charge in [-0.25, -0.2) is 0 Å². The summed E-state index contributed by atoms with van der Waals surface area (Å²) in [5.41, 5.74) is 2.88. The Hall–Kier alpha value is -0.780. The van der Waals surface area contributed by atoms with Crippen LogP contribution in [0.5, 0.6) is 0 Å². The fraction of sp³-hybridized carbons (Fsp3) is 0.625. The molecule has 16 heavy (non-hydrogen) atoms. The Morgan fingerprint density at radius 3 is 2.19 bits per heavy atom. The van der Waals surface area contributed by atoms with Crippen molar-refractivity contribution in [2.45, 2.75) is 54.4 Å². The number of allylic oxidation sites excluding steroid dienone is 6. The summed E-state index contributed by atoms with van der Waals surface area (Å²) in [7, 11) is 0. The largest absolute Gasteiger partial charge is 0.0856 e. The Morgan fingerprint density at radius 2 is 1.69 bits per heavy atom. The lowest BCUT2D eigenvalue weighted by Gasteiger charge is -2.08. The maximum Gasteiger partial charge on any atom is -0.0236 e. The molecule has 0 aliphatic carbocycles. The summed E-state index contributed by atoms with van der Waals surface area (Å²) in [6.45, 7) is 13.3. The van der Waals surface area contributed by atoms with Crippen LogP contribution >= 0.6 is 0 Å². The van der Waals surface area contributed by atoms with Crippen molar-refractivity contribution in [3.8, 4) is 0 Å². The van der Waals surface area contributed by atoms with Crippen molar-refractivity contribution in [2.24, 2.45) is 11.8 Å². The van der Waals surface area contributed by atoms with Gasteiger partial charge in [-0.3, -0.25) is 0 Å². The molecule has 0 aromatic carbocycles. The molecule has 0 spiro atoms. The third-order valence-corrected chi connectivity index (χ3v) is 2.94. The molecule has 0 aromatic rings. The normalized spacial score (nSPS) is 14.6. The molecule has 0 aromatic heterocycles. The summed E-state index contributed by atoms with van der Waals surface area (Å²) in [4.78, 5) is 0. The molecule has 0 aliphatic rings. The van der Waals surface area contributed by atoms with Gasteiger partial charge in [-0.2, -0.15) is 0 Å². The van der Waals surface area contributed by atoms with E-state index in [0.29, 0.717) is 5.92 Å². The Morgan fingerprint density at radius 1 is 1.06 bits per heavy atom. The van der Waals surface area contributed by atoms with Crippen molar-refractivity contribution in [2.75, 3.05) is 0 Å². The summed E-state index contributed by atoms with van der Waals surface area (Å²) in [6, 6.07) is 0. The van der Waals surface area contributed by atoms with Crippen molar-refractivity contribution >= 4 is 0 Å². The lowest BCUT2D eigenvalue weighted by molar-refractivity contribution is 0.504. The summed E-state index contributed by atoms with van der Waals surface area (Å²) in [5, 5.41) is 0. The molecular weight excluding hydrogens is 192 g/mol. The Labute approximate surface area is 102 Å². The van der Waals surface area contributed by atoms with Crippen molar-refractivity contribution in [1.29, 1.82) is 0 Å². The molecule has 0 nitrogen and oxygen atoms in total. The minimum Gasteiger partial charge on any atom is -0.0856 e. The molecule has 0 aliphatic heterocycles. The van der Waals surface area contributed by atoms with E-state index in [9.17, 15) is 0 Å². The average Bonchev–Trinajstić information content (AvgIpc) is 2.16. The monoisotopic (exact) mass is 220 g/mol. The SMILES string of the molecule is CC(C)=CCCC(C)=CC=CC(C)C(C)C. The fourth-order valence-electron chi connectivity index (χ4n) is 1.29. The minimum absolute atomic E-state index is 0.668. The van der Waals surface area contributed by atoms with Gasteiger partial charge in [-0.05, 0) is 45.4 Å². The quantitative estimate of drug-likeness (QED) is 0.408. The van der Waals surface area contributed by atoms with E-state index in [1.54, 1.807) is 0 Å². The first-order valence-corrected chi connectivity index (χ1v) is 6.40. The van der Waals surface area contributed by atoms with Crippen LogP contribution in [0.3, 0.4) is 0 Å². The van der Waals surface area contributed by atoms with Crippen molar-refractivity contribution in [3.63, 3.8) is 0 Å². The molecule has 0 amide bonds. The summed E-state index contributed by atoms with van der Waals surface area (Å²) in [6.07, 6.45) is 11.4. The first-order chi connectivity index (χ1) is 7.43. The van der Waals surface area contributed by atoms with Crippen LogP contribution in [-0.2, 0) is 0 Å². The molecule has 0 N–H and O–H groups in total. The molecule has 0 heterocycles. The first kappa shape index (κ1) is 15.2. The van der Waals surface area contributed by atoms with Gasteiger partial charge in [0, 0.05) is 0 Å². The molecule has 1 unspecified atom stereocenters. The van der Waals surface area contributed by atoms with Crippen LogP contribution in [0, 0.1) is 11.8 Å². The van der Waals surface area contributed by atoms with Gasteiger partial charge in [0.25, 0.3) is 0 Å². The van der Waals surface area contributed by atoms with Crippen LogP contribution in [0.1, 0.15) is 54.4 Å². The van der Waals surface area contributed by atoms with E-state index in [-0.39, 0.29) is 0 Å². The maximum absolute atomic E-state index is 2.30. The molecule has 0 saturated heterocycles. The molecule has 92 valence electrons. The van der Waals surface area contributed by atoms with Crippen LogP contribution in [0.25, 0.3) is 0 Å². The van der Waals surface area contributed by atoms with Gasteiger partial charge in [0.15, 0.2) is 0 Å². The second-order valence-corrected chi connectivity index (χ2v) is 5.32. The van der Waals surface area contributed by atoms with Gasteiger partial charge in [0.05, 0.1) is 0 Å². The number of hydrogen-bond acceptors (Lipinski definition) is 0. The van der Waals surface area contributed by atoms with Crippen LogP contribution in [0.15, 0.2) is 35.5 Å². The van der Waals surface area contributed by atoms with Crippen molar-refractivity contribution < 1.29 is 0 Å². The minimum atomic E-state index is 0.668. The number of hydrogen-bond donors (Lipinski definition) is 0. The van der Waals surface area contributed by atoms with Gasteiger partial charge in [0.2, 0.25) is 0 Å². The zero-order valence-electron chi connectivity index (χ0n) is 11.9. The van der Waals surface area contributed by atoms with Crippen molar-refractivity contribution in [1.82, 2.24) is 0 Å². The predicted octanol–water partition coefficient (Wildman–Crippen LogP) is 5.53. The number of rotatable bonds is 6. The van der Waals surface area contributed by atoms with E-state index in [2.05, 4.69) is 65.8 Å². The van der Waals surface area contributed by atoms with Gasteiger partial charge in [-0.1, -0.05) is 56.2 Å². The molecular formula is C16H28. The molecule has 1 atom stereocenters.